The monoisotopic (exact) mass is 272 g/mol. The van der Waals surface area contributed by atoms with Gasteiger partial charge in [-0.1, -0.05) is 33.0 Å². The van der Waals surface area contributed by atoms with Crippen molar-refractivity contribution in [2.24, 2.45) is 11.1 Å². The van der Waals surface area contributed by atoms with E-state index in [-0.39, 0.29) is 5.41 Å². The molecule has 1 unspecified atom stereocenters. The summed E-state index contributed by atoms with van der Waals surface area (Å²) in [5.41, 5.74) is 5.73. The van der Waals surface area contributed by atoms with Crippen molar-refractivity contribution in [3.05, 3.63) is 0 Å². The maximum absolute atomic E-state index is 5.75. The second-order valence-corrected chi connectivity index (χ2v) is 6.32. The molecule has 0 bridgehead atoms. The molecule has 2 N–H and O–H groups in total. The molecule has 3 nitrogen and oxygen atoms in total. The maximum atomic E-state index is 5.75. The summed E-state index contributed by atoms with van der Waals surface area (Å²) in [5, 5.41) is 0. The molecule has 0 spiro atoms. The van der Waals surface area contributed by atoms with Gasteiger partial charge in [-0.25, -0.2) is 0 Å². The van der Waals surface area contributed by atoms with Gasteiger partial charge in [0.05, 0.1) is 11.1 Å². The van der Waals surface area contributed by atoms with Crippen LogP contribution in [0.5, 0.6) is 0 Å². The lowest BCUT2D eigenvalue weighted by molar-refractivity contribution is 0.0737. The number of rotatable bonds is 8. The number of hydrogen-bond donors (Lipinski definition) is 1. The van der Waals surface area contributed by atoms with Gasteiger partial charge in [0.15, 0.2) is 0 Å². The van der Waals surface area contributed by atoms with Crippen molar-refractivity contribution in [1.82, 2.24) is 4.90 Å². The first-order valence-electron chi connectivity index (χ1n) is 7.09. The van der Waals surface area contributed by atoms with E-state index in [2.05, 4.69) is 25.7 Å². The average Bonchev–Trinajstić information content (AvgIpc) is 2.80. The Morgan fingerprint density at radius 3 is 2.72 bits per heavy atom. The number of likely N-dealkylation sites (N-methyl/N-ethyl adjacent to an activating group) is 1. The quantitative estimate of drug-likeness (QED) is 0.689. The first kappa shape index (κ1) is 15.9. The van der Waals surface area contributed by atoms with Crippen LogP contribution in [0, 0.1) is 5.41 Å². The number of nitrogens with two attached hydrogens (primary N) is 1. The molecule has 0 aromatic carbocycles. The summed E-state index contributed by atoms with van der Waals surface area (Å²) in [6.07, 6.45) is 5.09. The summed E-state index contributed by atoms with van der Waals surface area (Å²) in [6, 6.07) is 0. The van der Waals surface area contributed by atoms with Crippen LogP contribution in [-0.2, 0) is 4.74 Å². The Morgan fingerprint density at radius 2 is 2.22 bits per heavy atom. The molecule has 1 aliphatic heterocycles. The van der Waals surface area contributed by atoms with Crippen molar-refractivity contribution in [3.63, 3.8) is 0 Å². The molecule has 0 radical (unpaired) electrons. The van der Waals surface area contributed by atoms with Crippen LogP contribution in [0.2, 0.25) is 0 Å². The predicted molar refractivity (Wildman–Crippen MR) is 80.9 cm³/mol. The SMILES string of the molecule is CCN(CCCC(C)(C)C(N)=S)CC1CCCO1. The smallest absolute Gasteiger partial charge is 0.0784 e. The van der Waals surface area contributed by atoms with Crippen molar-refractivity contribution in [2.75, 3.05) is 26.2 Å². The first-order valence-corrected chi connectivity index (χ1v) is 7.50. The maximum Gasteiger partial charge on any atom is 0.0784 e. The zero-order valence-corrected chi connectivity index (χ0v) is 12.9. The summed E-state index contributed by atoms with van der Waals surface area (Å²) in [5.74, 6) is 0. The molecule has 1 fully saturated rings. The van der Waals surface area contributed by atoms with E-state index < -0.39 is 0 Å². The van der Waals surface area contributed by atoms with E-state index in [4.69, 9.17) is 22.7 Å². The van der Waals surface area contributed by atoms with Gasteiger partial charge in [0.25, 0.3) is 0 Å². The Bertz CT molecular complexity index is 263. The zero-order valence-electron chi connectivity index (χ0n) is 12.1. The summed E-state index contributed by atoms with van der Waals surface area (Å²) >= 11 is 5.10. The molecule has 1 heterocycles. The topological polar surface area (TPSA) is 38.5 Å². The summed E-state index contributed by atoms with van der Waals surface area (Å²) in [4.78, 5) is 3.11. The van der Waals surface area contributed by atoms with E-state index >= 15 is 0 Å². The molecule has 0 amide bonds. The van der Waals surface area contributed by atoms with Gasteiger partial charge in [-0.3, -0.25) is 0 Å². The molecular formula is C14H28N2OS. The Balaban J connectivity index is 2.24. The van der Waals surface area contributed by atoms with E-state index in [1.54, 1.807) is 0 Å². The van der Waals surface area contributed by atoms with Crippen LogP contribution in [0.4, 0.5) is 0 Å². The van der Waals surface area contributed by atoms with E-state index in [0.717, 1.165) is 39.1 Å². The van der Waals surface area contributed by atoms with Gasteiger partial charge in [0.2, 0.25) is 0 Å². The van der Waals surface area contributed by atoms with Crippen molar-refractivity contribution < 1.29 is 4.74 Å². The highest BCUT2D eigenvalue weighted by Crippen LogP contribution is 2.23. The predicted octanol–water partition coefficient (Wildman–Crippen LogP) is 2.58. The summed E-state index contributed by atoms with van der Waals surface area (Å²) in [7, 11) is 0. The summed E-state index contributed by atoms with van der Waals surface area (Å²) < 4.78 is 5.69. The van der Waals surface area contributed by atoms with Crippen molar-refractivity contribution in [2.45, 2.75) is 52.6 Å². The minimum Gasteiger partial charge on any atom is -0.393 e. The fourth-order valence-electron chi connectivity index (χ4n) is 2.32. The number of thiocarbonyl (C=S) groups is 1. The fraction of sp³-hybridized carbons (Fsp3) is 0.929. The highest BCUT2D eigenvalue weighted by molar-refractivity contribution is 7.80. The number of nitrogens with zero attached hydrogens (tertiary/aromatic N) is 1. The van der Waals surface area contributed by atoms with Gasteiger partial charge < -0.3 is 15.4 Å². The Hall–Kier alpha value is -0.190. The molecule has 0 saturated carbocycles. The van der Waals surface area contributed by atoms with Gasteiger partial charge in [-0.05, 0) is 38.8 Å². The normalized spacial score (nSPS) is 20.6. The van der Waals surface area contributed by atoms with Crippen molar-refractivity contribution in [1.29, 1.82) is 0 Å². The molecule has 18 heavy (non-hydrogen) atoms. The molecule has 1 atom stereocenters. The summed E-state index contributed by atoms with van der Waals surface area (Å²) in [6.45, 7) is 10.7. The molecule has 1 saturated heterocycles. The minimum atomic E-state index is -0.0153. The Kier molecular flexibility index (Phi) is 6.53. The minimum absolute atomic E-state index is 0.0153. The molecule has 106 valence electrons. The highest BCUT2D eigenvalue weighted by Gasteiger charge is 2.22. The molecule has 1 rings (SSSR count). The second-order valence-electron chi connectivity index (χ2n) is 5.88. The number of ether oxygens (including phenoxy) is 1. The standard InChI is InChI=1S/C14H28N2OS/c1-4-16(11-12-7-5-10-17-12)9-6-8-14(2,3)13(15)18/h12H,4-11H2,1-3H3,(H2,15,18). The van der Waals surface area contributed by atoms with Crippen LogP contribution in [0.25, 0.3) is 0 Å². The lowest BCUT2D eigenvalue weighted by atomic mass is 9.88. The lowest BCUT2D eigenvalue weighted by Crippen LogP contribution is -2.35. The van der Waals surface area contributed by atoms with Crippen molar-refractivity contribution >= 4 is 17.2 Å². The molecular weight excluding hydrogens is 244 g/mol. The largest absolute Gasteiger partial charge is 0.393 e. The zero-order chi connectivity index (χ0) is 13.6. The lowest BCUT2D eigenvalue weighted by Gasteiger charge is -2.27. The van der Waals surface area contributed by atoms with Crippen LogP contribution < -0.4 is 5.73 Å². The van der Waals surface area contributed by atoms with Gasteiger partial charge in [-0.15, -0.1) is 0 Å². The highest BCUT2D eigenvalue weighted by atomic mass is 32.1. The molecule has 0 aliphatic carbocycles. The van der Waals surface area contributed by atoms with E-state index in [9.17, 15) is 0 Å². The fourth-order valence-corrected chi connectivity index (χ4v) is 2.42. The van der Waals surface area contributed by atoms with Gasteiger partial charge in [0, 0.05) is 18.6 Å². The third kappa shape index (κ3) is 5.21. The van der Waals surface area contributed by atoms with Gasteiger partial charge >= 0.3 is 0 Å². The second kappa shape index (κ2) is 7.41. The van der Waals surface area contributed by atoms with E-state index in [0.29, 0.717) is 11.1 Å². The molecule has 0 aromatic heterocycles. The van der Waals surface area contributed by atoms with Crippen LogP contribution >= 0.6 is 12.2 Å². The Labute approximate surface area is 117 Å². The third-order valence-electron chi connectivity index (χ3n) is 3.88. The number of hydrogen-bond acceptors (Lipinski definition) is 3. The molecule has 1 aliphatic rings. The van der Waals surface area contributed by atoms with Crippen LogP contribution in [0.1, 0.15) is 46.5 Å². The molecule has 4 heteroatoms. The van der Waals surface area contributed by atoms with Crippen LogP contribution in [0.3, 0.4) is 0 Å². The third-order valence-corrected chi connectivity index (χ3v) is 4.43. The van der Waals surface area contributed by atoms with Gasteiger partial charge in [-0.2, -0.15) is 0 Å². The van der Waals surface area contributed by atoms with E-state index in [1.165, 1.54) is 12.8 Å². The first-order chi connectivity index (χ1) is 8.45. The Morgan fingerprint density at radius 1 is 1.50 bits per heavy atom. The molecule has 0 aromatic rings. The van der Waals surface area contributed by atoms with Crippen LogP contribution in [-0.4, -0.2) is 42.2 Å². The average molecular weight is 272 g/mol. The van der Waals surface area contributed by atoms with E-state index in [1.807, 2.05) is 0 Å². The van der Waals surface area contributed by atoms with Crippen LogP contribution in [0.15, 0.2) is 0 Å². The van der Waals surface area contributed by atoms with Gasteiger partial charge in [0.1, 0.15) is 0 Å². The van der Waals surface area contributed by atoms with Crippen molar-refractivity contribution in [3.8, 4) is 0 Å².